The van der Waals surface area contributed by atoms with Gasteiger partial charge in [-0.25, -0.2) is 0 Å². The van der Waals surface area contributed by atoms with Crippen LogP contribution in [0.2, 0.25) is 0 Å². The van der Waals surface area contributed by atoms with E-state index in [1.54, 1.807) is 18.2 Å². The second-order valence-corrected chi connectivity index (χ2v) is 2.81. The van der Waals surface area contributed by atoms with Crippen LogP contribution in [0.1, 0.15) is 12.0 Å². The normalized spacial score (nSPS) is 10.1. The Morgan fingerprint density at radius 3 is 2.93 bits per heavy atom. The van der Waals surface area contributed by atoms with E-state index in [0.717, 1.165) is 0 Å². The molecule has 5 nitrogen and oxygen atoms in total. The molecular formula is C10H9N3O2. The van der Waals surface area contributed by atoms with Gasteiger partial charge >= 0.3 is 0 Å². The SMILES string of the molecule is N#CCC=Cc1cccc(N)c1[N+](=O)[O-]. The number of anilines is 1. The molecule has 0 fully saturated rings. The molecule has 15 heavy (non-hydrogen) atoms. The number of nitriles is 1. The van der Waals surface area contributed by atoms with Crippen LogP contribution >= 0.6 is 0 Å². The number of nitrogen functional groups attached to an aromatic ring is 1. The highest BCUT2D eigenvalue weighted by Crippen LogP contribution is 2.26. The first-order chi connectivity index (χ1) is 7.16. The molecule has 0 bridgehead atoms. The molecule has 0 amide bonds. The summed E-state index contributed by atoms with van der Waals surface area (Å²) in [5.41, 5.74) is 5.90. The highest BCUT2D eigenvalue weighted by molar-refractivity contribution is 5.71. The molecule has 0 aliphatic carbocycles. The largest absolute Gasteiger partial charge is 0.393 e. The van der Waals surface area contributed by atoms with Gasteiger partial charge in [-0.3, -0.25) is 10.1 Å². The Morgan fingerprint density at radius 2 is 2.33 bits per heavy atom. The van der Waals surface area contributed by atoms with Gasteiger partial charge in [-0.05, 0) is 12.1 Å². The Balaban J connectivity index is 3.13. The Bertz CT molecular complexity index is 446. The third-order valence-corrected chi connectivity index (χ3v) is 1.79. The van der Waals surface area contributed by atoms with Crippen molar-refractivity contribution >= 4 is 17.5 Å². The topological polar surface area (TPSA) is 93.0 Å². The molecule has 1 aromatic rings. The lowest BCUT2D eigenvalue weighted by Gasteiger charge is -1.99. The maximum atomic E-state index is 10.7. The molecule has 5 heteroatoms. The number of rotatable bonds is 3. The van der Waals surface area contributed by atoms with Crippen molar-refractivity contribution in [3.63, 3.8) is 0 Å². The van der Waals surface area contributed by atoms with Gasteiger partial charge in [0.25, 0.3) is 5.69 Å². The van der Waals surface area contributed by atoms with Gasteiger partial charge in [-0.15, -0.1) is 0 Å². The summed E-state index contributed by atoms with van der Waals surface area (Å²) in [6.07, 6.45) is 3.30. The molecule has 0 heterocycles. The number of allylic oxidation sites excluding steroid dienone is 1. The minimum atomic E-state index is -0.526. The van der Waals surface area contributed by atoms with Gasteiger partial charge in [0.2, 0.25) is 0 Å². The van der Waals surface area contributed by atoms with Crippen molar-refractivity contribution < 1.29 is 4.92 Å². The molecule has 1 rings (SSSR count). The Hall–Kier alpha value is -2.35. The summed E-state index contributed by atoms with van der Waals surface area (Å²) >= 11 is 0. The van der Waals surface area contributed by atoms with Crippen molar-refractivity contribution in [2.24, 2.45) is 0 Å². The van der Waals surface area contributed by atoms with Crippen LogP contribution in [0.4, 0.5) is 11.4 Å². The van der Waals surface area contributed by atoms with Crippen LogP contribution in [0.25, 0.3) is 6.08 Å². The predicted octanol–water partition coefficient (Wildman–Crippen LogP) is 2.10. The predicted molar refractivity (Wildman–Crippen MR) is 56.8 cm³/mol. The fourth-order valence-electron chi connectivity index (χ4n) is 1.16. The van der Waals surface area contributed by atoms with E-state index in [0.29, 0.717) is 5.56 Å². The van der Waals surface area contributed by atoms with Crippen LogP contribution in [0.15, 0.2) is 24.3 Å². The van der Waals surface area contributed by atoms with Gasteiger partial charge in [0.1, 0.15) is 5.69 Å². The average Bonchev–Trinajstić information content (AvgIpc) is 2.17. The third-order valence-electron chi connectivity index (χ3n) is 1.79. The molecule has 1 aromatic carbocycles. The zero-order valence-electron chi connectivity index (χ0n) is 7.88. The molecule has 0 saturated heterocycles. The third kappa shape index (κ3) is 2.54. The van der Waals surface area contributed by atoms with Crippen molar-refractivity contribution in [2.45, 2.75) is 6.42 Å². The molecule has 0 saturated carbocycles. The van der Waals surface area contributed by atoms with Crippen LogP contribution in [-0.2, 0) is 0 Å². The van der Waals surface area contributed by atoms with Crippen LogP contribution < -0.4 is 5.73 Å². The van der Waals surface area contributed by atoms with E-state index in [2.05, 4.69) is 0 Å². The number of hydrogen-bond acceptors (Lipinski definition) is 4. The van der Waals surface area contributed by atoms with Crippen LogP contribution in [-0.4, -0.2) is 4.92 Å². The van der Waals surface area contributed by atoms with E-state index < -0.39 is 4.92 Å². The first kappa shape index (κ1) is 10.7. The second-order valence-electron chi connectivity index (χ2n) is 2.81. The summed E-state index contributed by atoms with van der Waals surface area (Å²) in [7, 11) is 0. The first-order valence-electron chi connectivity index (χ1n) is 4.23. The number of hydrogen-bond donors (Lipinski definition) is 1. The zero-order valence-corrected chi connectivity index (χ0v) is 7.88. The molecule has 0 unspecified atom stereocenters. The van der Waals surface area contributed by atoms with Crippen molar-refractivity contribution in [1.82, 2.24) is 0 Å². The summed E-state index contributed by atoms with van der Waals surface area (Å²) in [6, 6.07) is 6.60. The molecule has 0 radical (unpaired) electrons. The van der Waals surface area contributed by atoms with Gasteiger partial charge in [-0.1, -0.05) is 18.2 Å². The van der Waals surface area contributed by atoms with Gasteiger partial charge in [0.15, 0.2) is 0 Å². The lowest BCUT2D eigenvalue weighted by Crippen LogP contribution is -1.97. The van der Waals surface area contributed by atoms with E-state index in [9.17, 15) is 10.1 Å². The lowest BCUT2D eigenvalue weighted by atomic mass is 10.1. The molecule has 0 aromatic heterocycles. The summed E-state index contributed by atoms with van der Waals surface area (Å²) < 4.78 is 0. The monoisotopic (exact) mass is 203 g/mol. The molecule has 2 N–H and O–H groups in total. The van der Waals surface area contributed by atoms with E-state index in [-0.39, 0.29) is 17.8 Å². The van der Waals surface area contributed by atoms with Gasteiger partial charge in [0, 0.05) is 0 Å². The van der Waals surface area contributed by atoms with Crippen LogP contribution in [0, 0.1) is 21.4 Å². The standard InChI is InChI=1S/C10H9N3O2/c11-7-2-1-4-8-5-3-6-9(12)10(8)13(14)15/h1,3-6H,2,12H2. The maximum absolute atomic E-state index is 10.7. The number of nitrogens with zero attached hydrogens (tertiary/aromatic N) is 2. The van der Waals surface area contributed by atoms with E-state index in [1.807, 2.05) is 6.07 Å². The van der Waals surface area contributed by atoms with E-state index in [4.69, 9.17) is 11.0 Å². The van der Waals surface area contributed by atoms with Gasteiger partial charge in [0.05, 0.1) is 23.0 Å². The number of para-hydroxylation sites is 1. The Morgan fingerprint density at radius 1 is 1.60 bits per heavy atom. The summed E-state index contributed by atoms with van der Waals surface area (Å²) in [4.78, 5) is 10.2. The van der Waals surface area contributed by atoms with E-state index in [1.165, 1.54) is 12.1 Å². The lowest BCUT2D eigenvalue weighted by molar-refractivity contribution is -0.384. The van der Waals surface area contributed by atoms with E-state index >= 15 is 0 Å². The fraction of sp³-hybridized carbons (Fsp3) is 0.100. The van der Waals surface area contributed by atoms with Crippen molar-refractivity contribution in [2.75, 3.05) is 5.73 Å². The van der Waals surface area contributed by atoms with Gasteiger partial charge in [-0.2, -0.15) is 5.26 Å². The molecule has 0 atom stereocenters. The quantitative estimate of drug-likeness (QED) is 0.462. The molecule has 0 aliphatic rings. The fourth-order valence-corrected chi connectivity index (χ4v) is 1.16. The molecule has 76 valence electrons. The van der Waals surface area contributed by atoms with Gasteiger partial charge < -0.3 is 5.73 Å². The zero-order chi connectivity index (χ0) is 11.3. The maximum Gasteiger partial charge on any atom is 0.299 e. The average molecular weight is 203 g/mol. The minimum Gasteiger partial charge on any atom is -0.393 e. The number of nitro benzene ring substituents is 1. The summed E-state index contributed by atoms with van der Waals surface area (Å²) in [5, 5.41) is 19.0. The summed E-state index contributed by atoms with van der Waals surface area (Å²) in [5.74, 6) is 0. The molecular weight excluding hydrogens is 194 g/mol. The van der Waals surface area contributed by atoms with Crippen molar-refractivity contribution in [1.29, 1.82) is 5.26 Å². The van der Waals surface area contributed by atoms with Crippen molar-refractivity contribution in [3.05, 3.63) is 40.0 Å². The minimum absolute atomic E-state index is 0.119. The first-order valence-corrected chi connectivity index (χ1v) is 4.23. The molecule has 0 aliphatic heterocycles. The summed E-state index contributed by atoms with van der Waals surface area (Å²) in [6.45, 7) is 0. The number of benzene rings is 1. The Labute approximate surface area is 86.6 Å². The number of nitrogens with two attached hydrogens (primary N) is 1. The Kier molecular flexibility index (Phi) is 3.41. The number of nitro groups is 1. The molecule has 0 spiro atoms. The second kappa shape index (κ2) is 4.77. The highest BCUT2D eigenvalue weighted by Gasteiger charge is 2.14. The van der Waals surface area contributed by atoms with Crippen molar-refractivity contribution in [3.8, 4) is 6.07 Å². The smallest absolute Gasteiger partial charge is 0.299 e. The highest BCUT2D eigenvalue weighted by atomic mass is 16.6. The van der Waals surface area contributed by atoms with Crippen LogP contribution in [0.5, 0.6) is 0 Å². The van der Waals surface area contributed by atoms with Crippen LogP contribution in [0.3, 0.4) is 0 Å².